The molecular formula is C9H8ClN3. The van der Waals surface area contributed by atoms with Gasteiger partial charge in [-0.1, -0.05) is 11.6 Å². The van der Waals surface area contributed by atoms with Crippen molar-refractivity contribution in [3.8, 4) is 0 Å². The van der Waals surface area contributed by atoms with Gasteiger partial charge in [-0.25, -0.2) is 9.97 Å². The topological polar surface area (TPSA) is 41.6 Å². The van der Waals surface area contributed by atoms with Gasteiger partial charge >= 0.3 is 0 Å². The van der Waals surface area contributed by atoms with Crippen molar-refractivity contribution in [2.24, 2.45) is 0 Å². The number of nitrogens with one attached hydrogen (secondary N) is 1. The van der Waals surface area contributed by atoms with E-state index in [1.165, 1.54) is 12.8 Å². The molecule has 2 aromatic heterocycles. The lowest BCUT2D eigenvalue weighted by Gasteiger charge is -1.86. The van der Waals surface area contributed by atoms with E-state index in [1.54, 1.807) is 6.20 Å². The standard InChI is InChI=1S/C9H8ClN3/c10-6-3-7-9(11-4-6)13-8(12-7)5-1-2-5/h3-5H,1-2H2,(H,11,12,13). The summed E-state index contributed by atoms with van der Waals surface area (Å²) in [6.45, 7) is 0. The Morgan fingerprint density at radius 1 is 1.46 bits per heavy atom. The zero-order valence-corrected chi connectivity index (χ0v) is 7.67. The van der Waals surface area contributed by atoms with Gasteiger partial charge in [0.15, 0.2) is 5.65 Å². The van der Waals surface area contributed by atoms with Crippen molar-refractivity contribution >= 4 is 22.8 Å². The number of imidazole rings is 1. The molecule has 3 rings (SSSR count). The normalized spacial score (nSPS) is 16.7. The summed E-state index contributed by atoms with van der Waals surface area (Å²) in [5.41, 5.74) is 1.71. The van der Waals surface area contributed by atoms with Crippen LogP contribution in [0.3, 0.4) is 0 Å². The zero-order chi connectivity index (χ0) is 8.84. The van der Waals surface area contributed by atoms with Crippen LogP contribution in [-0.4, -0.2) is 15.0 Å². The second-order valence-electron chi connectivity index (χ2n) is 3.42. The highest BCUT2D eigenvalue weighted by atomic mass is 35.5. The number of rotatable bonds is 1. The molecule has 0 bridgehead atoms. The van der Waals surface area contributed by atoms with Crippen LogP contribution in [0.1, 0.15) is 24.6 Å². The quantitative estimate of drug-likeness (QED) is 0.756. The first-order valence-electron chi connectivity index (χ1n) is 4.34. The summed E-state index contributed by atoms with van der Waals surface area (Å²) in [6.07, 6.45) is 4.11. The molecule has 2 heterocycles. The van der Waals surface area contributed by atoms with E-state index in [-0.39, 0.29) is 0 Å². The largest absolute Gasteiger partial charge is 0.340 e. The van der Waals surface area contributed by atoms with Gasteiger partial charge < -0.3 is 4.98 Å². The molecule has 0 aliphatic heterocycles. The lowest BCUT2D eigenvalue weighted by Crippen LogP contribution is -1.79. The van der Waals surface area contributed by atoms with Crippen LogP contribution in [0.15, 0.2) is 12.3 Å². The highest BCUT2D eigenvalue weighted by Gasteiger charge is 2.26. The molecule has 1 aliphatic rings. The first-order chi connectivity index (χ1) is 6.33. The predicted octanol–water partition coefficient (Wildman–Crippen LogP) is 2.49. The van der Waals surface area contributed by atoms with E-state index < -0.39 is 0 Å². The lowest BCUT2D eigenvalue weighted by atomic mass is 10.4. The Balaban J connectivity index is 2.20. The van der Waals surface area contributed by atoms with Crippen molar-refractivity contribution < 1.29 is 0 Å². The Hall–Kier alpha value is -1.09. The Morgan fingerprint density at radius 3 is 3.08 bits per heavy atom. The fourth-order valence-corrected chi connectivity index (χ4v) is 1.60. The summed E-state index contributed by atoms with van der Waals surface area (Å²) >= 11 is 5.81. The Kier molecular flexibility index (Phi) is 1.38. The summed E-state index contributed by atoms with van der Waals surface area (Å²) in [6, 6.07) is 1.86. The molecule has 0 unspecified atom stereocenters. The Labute approximate surface area is 80.2 Å². The summed E-state index contributed by atoms with van der Waals surface area (Å²) in [4.78, 5) is 11.8. The van der Waals surface area contributed by atoms with Crippen LogP contribution in [0.4, 0.5) is 0 Å². The van der Waals surface area contributed by atoms with E-state index in [0.717, 1.165) is 17.0 Å². The molecule has 0 radical (unpaired) electrons. The summed E-state index contributed by atoms with van der Waals surface area (Å²) in [5.74, 6) is 1.69. The molecule has 13 heavy (non-hydrogen) atoms. The van der Waals surface area contributed by atoms with Crippen molar-refractivity contribution in [2.45, 2.75) is 18.8 Å². The number of aromatic nitrogens is 3. The molecular weight excluding hydrogens is 186 g/mol. The molecule has 4 heteroatoms. The SMILES string of the molecule is Clc1cnc2nc(C3CC3)[nH]c2c1. The summed E-state index contributed by atoms with van der Waals surface area (Å²) < 4.78 is 0. The minimum atomic E-state index is 0.632. The Bertz CT molecular complexity index is 459. The number of fused-ring (bicyclic) bond motifs is 1. The molecule has 0 spiro atoms. The molecule has 1 N–H and O–H groups in total. The average molecular weight is 194 g/mol. The van der Waals surface area contributed by atoms with Crippen LogP contribution in [0.25, 0.3) is 11.2 Å². The third-order valence-corrected chi connectivity index (χ3v) is 2.49. The first-order valence-corrected chi connectivity index (χ1v) is 4.72. The van der Waals surface area contributed by atoms with Gasteiger partial charge in [-0.05, 0) is 18.9 Å². The number of hydrogen-bond acceptors (Lipinski definition) is 2. The molecule has 0 amide bonds. The van der Waals surface area contributed by atoms with Gasteiger partial charge in [-0.3, -0.25) is 0 Å². The minimum absolute atomic E-state index is 0.632. The van der Waals surface area contributed by atoms with Crippen LogP contribution < -0.4 is 0 Å². The van der Waals surface area contributed by atoms with Gasteiger partial charge in [-0.15, -0.1) is 0 Å². The third kappa shape index (κ3) is 1.20. The van der Waals surface area contributed by atoms with Gasteiger partial charge in [0.2, 0.25) is 0 Å². The smallest absolute Gasteiger partial charge is 0.177 e. The maximum absolute atomic E-state index is 5.81. The summed E-state index contributed by atoms with van der Waals surface area (Å²) in [7, 11) is 0. The first kappa shape index (κ1) is 7.33. The number of halogens is 1. The average Bonchev–Trinajstić information content (AvgIpc) is 2.87. The minimum Gasteiger partial charge on any atom is -0.340 e. The molecule has 0 aromatic carbocycles. The zero-order valence-electron chi connectivity index (χ0n) is 6.92. The highest BCUT2D eigenvalue weighted by Crippen LogP contribution is 2.38. The molecule has 0 atom stereocenters. The second-order valence-corrected chi connectivity index (χ2v) is 3.86. The third-order valence-electron chi connectivity index (χ3n) is 2.29. The molecule has 1 aliphatic carbocycles. The maximum Gasteiger partial charge on any atom is 0.177 e. The lowest BCUT2D eigenvalue weighted by molar-refractivity contribution is 0.983. The van der Waals surface area contributed by atoms with E-state index in [2.05, 4.69) is 15.0 Å². The van der Waals surface area contributed by atoms with Crippen LogP contribution in [0, 0.1) is 0 Å². The predicted molar refractivity (Wildman–Crippen MR) is 50.9 cm³/mol. The van der Waals surface area contributed by atoms with Crippen molar-refractivity contribution in [3.05, 3.63) is 23.1 Å². The number of aromatic amines is 1. The number of hydrogen-bond donors (Lipinski definition) is 1. The fraction of sp³-hybridized carbons (Fsp3) is 0.333. The molecule has 1 fully saturated rings. The van der Waals surface area contributed by atoms with Crippen molar-refractivity contribution in [1.82, 2.24) is 15.0 Å². The molecule has 3 nitrogen and oxygen atoms in total. The molecule has 2 aromatic rings. The van der Waals surface area contributed by atoms with Crippen LogP contribution in [0.2, 0.25) is 5.02 Å². The van der Waals surface area contributed by atoms with Crippen LogP contribution >= 0.6 is 11.6 Å². The van der Waals surface area contributed by atoms with E-state index in [1.807, 2.05) is 6.07 Å². The van der Waals surface area contributed by atoms with E-state index in [4.69, 9.17) is 11.6 Å². The van der Waals surface area contributed by atoms with E-state index >= 15 is 0 Å². The molecule has 66 valence electrons. The van der Waals surface area contributed by atoms with E-state index in [9.17, 15) is 0 Å². The monoisotopic (exact) mass is 193 g/mol. The fourth-order valence-electron chi connectivity index (χ4n) is 1.44. The van der Waals surface area contributed by atoms with Crippen molar-refractivity contribution in [2.75, 3.05) is 0 Å². The van der Waals surface area contributed by atoms with Crippen molar-refractivity contribution in [1.29, 1.82) is 0 Å². The maximum atomic E-state index is 5.81. The van der Waals surface area contributed by atoms with Crippen LogP contribution in [0.5, 0.6) is 0 Å². The second kappa shape index (κ2) is 2.45. The molecule has 0 saturated heterocycles. The van der Waals surface area contributed by atoms with Gasteiger partial charge in [0, 0.05) is 12.1 Å². The number of pyridine rings is 1. The molecule has 1 saturated carbocycles. The number of H-pyrrole nitrogens is 1. The van der Waals surface area contributed by atoms with Gasteiger partial charge in [0.25, 0.3) is 0 Å². The van der Waals surface area contributed by atoms with Gasteiger partial charge in [0.1, 0.15) is 5.82 Å². The van der Waals surface area contributed by atoms with Crippen molar-refractivity contribution in [3.63, 3.8) is 0 Å². The summed E-state index contributed by atoms with van der Waals surface area (Å²) in [5, 5.41) is 0.651. The van der Waals surface area contributed by atoms with E-state index in [0.29, 0.717) is 10.9 Å². The van der Waals surface area contributed by atoms with Gasteiger partial charge in [0.05, 0.1) is 10.5 Å². The Morgan fingerprint density at radius 2 is 2.31 bits per heavy atom. The van der Waals surface area contributed by atoms with Gasteiger partial charge in [-0.2, -0.15) is 0 Å². The highest BCUT2D eigenvalue weighted by molar-refractivity contribution is 6.30. The number of nitrogens with zero attached hydrogens (tertiary/aromatic N) is 2. The van der Waals surface area contributed by atoms with Crippen LogP contribution in [-0.2, 0) is 0 Å².